The van der Waals surface area contributed by atoms with Crippen LogP contribution in [0.1, 0.15) is 19.4 Å². The summed E-state index contributed by atoms with van der Waals surface area (Å²) in [4.78, 5) is 18.5. The van der Waals surface area contributed by atoms with Crippen molar-refractivity contribution in [2.75, 3.05) is 14.2 Å². The van der Waals surface area contributed by atoms with E-state index in [4.69, 9.17) is 10.5 Å². The van der Waals surface area contributed by atoms with E-state index in [1.807, 2.05) is 0 Å². The maximum absolute atomic E-state index is 14.3. The summed E-state index contributed by atoms with van der Waals surface area (Å²) >= 11 is 0. The summed E-state index contributed by atoms with van der Waals surface area (Å²) in [5.41, 5.74) is 5.12. The van der Waals surface area contributed by atoms with Gasteiger partial charge in [0.15, 0.2) is 23.1 Å². The fourth-order valence-corrected chi connectivity index (χ4v) is 2.81. The van der Waals surface area contributed by atoms with Crippen molar-refractivity contribution >= 4 is 11.9 Å². The molecule has 1 aliphatic heterocycles. The highest BCUT2D eigenvalue weighted by atomic mass is 19.1. The third-order valence-electron chi connectivity index (χ3n) is 3.98. The van der Waals surface area contributed by atoms with Crippen molar-refractivity contribution in [3.63, 3.8) is 0 Å². The minimum absolute atomic E-state index is 0.0160. The highest BCUT2D eigenvalue weighted by molar-refractivity contribution is 6.09. The number of rotatable bonds is 5. The third kappa shape index (κ3) is 3.24. The van der Waals surface area contributed by atoms with Crippen molar-refractivity contribution in [1.29, 1.82) is 0 Å². The number of methoxy groups -OCH3 is 1. The van der Waals surface area contributed by atoms with Crippen LogP contribution in [0.25, 0.3) is 0 Å². The average molecular weight is 361 g/mol. The molecule has 2 N–H and O–H groups in total. The Labute approximate surface area is 151 Å². The molecule has 0 aliphatic carbocycles. The summed E-state index contributed by atoms with van der Waals surface area (Å²) in [5, 5.41) is 0. The van der Waals surface area contributed by atoms with Gasteiger partial charge in [-0.3, -0.25) is 9.69 Å². The molecule has 0 spiro atoms. The van der Waals surface area contributed by atoms with Crippen LogP contribution in [0.5, 0.6) is 5.75 Å². The van der Waals surface area contributed by atoms with E-state index in [0.717, 1.165) is 11.0 Å². The molecule has 0 aromatic heterocycles. The Morgan fingerprint density at radius 2 is 2.04 bits per heavy atom. The predicted molar refractivity (Wildman–Crippen MR) is 96.8 cm³/mol. The minimum atomic E-state index is -1.71. The number of nitrogens with two attached hydrogens (primary N) is 1. The lowest BCUT2D eigenvalue weighted by atomic mass is 9.81. The smallest absolute Gasteiger partial charge is 0.266 e. The van der Waals surface area contributed by atoms with Crippen molar-refractivity contribution in [3.8, 4) is 5.75 Å². The zero-order valence-corrected chi connectivity index (χ0v) is 15.1. The van der Waals surface area contributed by atoms with Crippen molar-refractivity contribution in [1.82, 2.24) is 4.90 Å². The van der Waals surface area contributed by atoms with E-state index in [-0.39, 0.29) is 22.8 Å². The van der Waals surface area contributed by atoms with Crippen molar-refractivity contribution < 1.29 is 18.3 Å². The van der Waals surface area contributed by atoms with E-state index in [1.54, 1.807) is 6.92 Å². The van der Waals surface area contributed by atoms with Gasteiger partial charge in [0.1, 0.15) is 0 Å². The van der Waals surface area contributed by atoms with Gasteiger partial charge in [0.2, 0.25) is 0 Å². The number of hydrogen-bond donors (Lipinski definition) is 1. The second-order valence-corrected chi connectivity index (χ2v) is 6.07. The molecule has 1 amide bonds. The SMILES string of the molecule is C=C(C)/C=C(\C=C(/C)F)C1(c2ccc(OC)c(F)c2)N=C(N)N(C)C1=O. The first-order chi connectivity index (χ1) is 12.1. The van der Waals surface area contributed by atoms with Crippen LogP contribution >= 0.6 is 0 Å². The highest BCUT2D eigenvalue weighted by Gasteiger charge is 2.50. The van der Waals surface area contributed by atoms with Crippen LogP contribution in [-0.4, -0.2) is 30.9 Å². The Balaban J connectivity index is 2.85. The molecular weight excluding hydrogens is 340 g/mol. The zero-order chi connectivity index (χ0) is 19.6. The summed E-state index contributed by atoms with van der Waals surface area (Å²) < 4.78 is 33.0. The maximum atomic E-state index is 14.3. The maximum Gasteiger partial charge on any atom is 0.266 e. The monoisotopic (exact) mass is 361 g/mol. The van der Waals surface area contributed by atoms with Crippen LogP contribution in [0.3, 0.4) is 0 Å². The Morgan fingerprint density at radius 3 is 2.46 bits per heavy atom. The second-order valence-electron chi connectivity index (χ2n) is 6.07. The van der Waals surface area contributed by atoms with E-state index in [1.165, 1.54) is 45.4 Å². The van der Waals surface area contributed by atoms with E-state index in [9.17, 15) is 13.6 Å². The molecule has 1 atom stereocenters. The topological polar surface area (TPSA) is 67.9 Å². The summed E-state index contributed by atoms with van der Waals surface area (Å²) in [6.45, 7) is 6.71. The van der Waals surface area contributed by atoms with Crippen LogP contribution in [-0.2, 0) is 10.3 Å². The average Bonchev–Trinajstić information content (AvgIpc) is 2.78. The summed E-state index contributed by atoms with van der Waals surface area (Å²) in [7, 11) is 2.79. The molecule has 1 aromatic carbocycles. The number of benzene rings is 1. The molecule has 0 saturated heterocycles. The van der Waals surface area contributed by atoms with Crippen molar-refractivity contribution in [2.45, 2.75) is 19.4 Å². The summed E-state index contributed by atoms with van der Waals surface area (Å²) in [5.74, 6) is -1.77. The molecule has 7 heteroatoms. The Morgan fingerprint density at radius 1 is 1.38 bits per heavy atom. The van der Waals surface area contributed by atoms with Crippen LogP contribution in [0.2, 0.25) is 0 Å². The van der Waals surface area contributed by atoms with Gasteiger partial charge in [-0.1, -0.05) is 24.3 Å². The molecule has 1 aliphatic rings. The molecule has 1 heterocycles. The standard InChI is InChI=1S/C19H21F2N3O2/c1-11(2)8-14(9-12(3)20)19(17(25)24(4)18(22)23-19)13-6-7-16(26-5)15(21)10-13/h6-10H,1H2,2-5H3,(H2,22,23)/b12-9+,14-8+. The van der Waals surface area contributed by atoms with Gasteiger partial charge in [-0.2, -0.15) is 0 Å². The third-order valence-corrected chi connectivity index (χ3v) is 3.98. The molecule has 26 heavy (non-hydrogen) atoms. The van der Waals surface area contributed by atoms with Gasteiger partial charge >= 0.3 is 0 Å². The number of halogens is 2. The number of likely N-dealkylation sites (N-methyl/N-ethyl adjacent to an activating group) is 1. The summed E-state index contributed by atoms with van der Waals surface area (Å²) in [6.07, 6.45) is 2.70. The van der Waals surface area contributed by atoms with Gasteiger partial charge in [-0.05, 0) is 43.2 Å². The van der Waals surface area contributed by atoms with E-state index < -0.39 is 23.1 Å². The molecule has 0 bridgehead atoms. The highest BCUT2D eigenvalue weighted by Crippen LogP contribution is 2.42. The van der Waals surface area contributed by atoms with Gasteiger partial charge in [0.05, 0.1) is 12.9 Å². The minimum Gasteiger partial charge on any atom is -0.494 e. The van der Waals surface area contributed by atoms with Crippen LogP contribution in [0, 0.1) is 5.82 Å². The number of amides is 1. The lowest BCUT2D eigenvalue weighted by molar-refractivity contribution is -0.129. The fraction of sp³-hybridized carbons (Fsp3) is 0.263. The fourth-order valence-electron chi connectivity index (χ4n) is 2.81. The van der Waals surface area contributed by atoms with Gasteiger partial charge in [-0.15, -0.1) is 0 Å². The van der Waals surface area contributed by atoms with Crippen LogP contribution in [0.4, 0.5) is 8.78 Å². The first kappa shape index (κ1) is 19.4. The number of aliphatic imine (C=N–C) groups is 1. The summed E-state index contributed by atoms with van der Waals surface area (Å²) in [6, 6.07) is 4.03. The number of hydrogen-bond acceptors (Lipinski definition) is 4. The van der Waals surface area contributed by atoms with Crippen LogP contribution < -0.4 is 10.5 Å². The van der Waals surface area contributed by atoms with Crippen molar-refractivity contribution in [3.05, 3.63) is 65.3 Å². The normalized spacial score (nSPS) is 21.1. The van der Waals surface area contributed by atoms with Crippen molar-refractivity contribution in [2.24, 2.45) is 10.7 Å². The number of allylic oxidation sites excluding steroid dienone is 3. The van der Waals surface area contributed by atoms with Gasteiger partial charge in [0, 0.05) is 7.05 Å². The number of guanidine groups is 1. The first-order valence-electron chi connectivity index (χ1n) is 7.82. The Bertz CT molecular complexity index is 854. The molecular formula is C19H21F2N3O2. The van der Waals surface area contributed by atoms with E-state index in [0.29, 0.717) is 5.57 Å². The molecule has 1 aromatic rings. The lowest BCUT2D eigenvalue weighted by Crippen LogP contribution is -2.41. The molecule has 2 rings (SSSR count). The molecule has 0 fully saturated rings. The number of carbonyl (C=O) groups excluding carboxylic acids is 1. The van der Waals surface area contributed by atoms with Crippen LogP contribution in [0.15, 0.2) is 58.9 Å². The first-order valence-corrected chi connectivity index (χ1v) is 7.82. The lowest BCUT2D eigenvalue weighted by Gasteiger charge is -2.27. The number of carbonyl (C=O) groups is 1. The molecule has 5 nitrogen and oxygen atoms in total. The number of nitrogens with zero attached hydrogens (tertiary/aromatic N) is 2. The Kier molecular flexibility index (Phi) is 5.30. The second kappa shape index (κ2) is 7.11. The zero-order valence-electron chi connectivity index (χ0n) is 15.1. The molecule has 138 valence electrons. The predicted octanol–water partition coefficient (Wildman–Crippen LogP) is 3.19. The molecule has 0 saturated carbocycles. The molecule has 0 radical (unpaired) electrons. The Hall–Kier alpha value is -2.96. The van der Waals surface area contributed by atoms with E-state index in [2.05, 4.69) is 11.6 Å². The quantitative estimate of drug-likeness (QED) is 0.819. The number of ether oxygens (including phenoxy) is 1. The van der Waals surface area contributed by atoms with Gasteiger partial charge in [-0.25, -0.2) is 13.8 Å². The van der Waals surface area contributed by atoms with Gasteiger partial charge in [0.25, 0.3) is 5.91 Å². The molecule has 1 unspecified atom stereocenters. The largest absolute Gasteiger partial charge is 0.494 e. The van der Waals surface area contributed by atoms with E-state index >= 15 is 0 Å². The van der Waals surface area contributed by atoms with Gasteiger partial charge < -0.3 is 10.5 Å².